The predicted octanol–water partition coefficient (Wildman–Crippen LogP) is 2.96. The molecule has 0 bridgehead atoms. The van der Waals surface area contributed by atoms with Gasteiger partial charge in [-0.15, -0.1) is 0 Å². The van der Waals surface area contributed by atoms with Crippen LogP contribution < -0.4 is 0 Å². The highest BCUT2D eigenvalue weighted by molar-refractivity contribution is 5.97. The number of carbonyl (C=O) groups is 1. The molecule has 1 aliphatic rings. The van der Waals surface area contributed by atoms with Crippen LogP contribution in [-0.2, 0) is 4.79 Å². The van der Waals surface area contributed by atoms with E-state index in [-0.39, 0.29) is 0 Å². The normalized spacial score (nSPS) is 27.5. The second-order valence-electron chi connectivity index (χ2n) is 4.04. The van der Waals surface area contributed by atoms with E-state index in [1.165, 1.54) is 0 Å². The number of carbonyl (C=O) groups excluding carboxylic acids is 1. The van der Waals surface area contributed by atoms with Crippen LogP contribution in [0.4, 0.5) is 0 Å². The Kier molecular flexibility index (Phi) is 3.07. The third-order valence-electron chi connectivity index (χ3n) is 2.45. The van der Waals surface area contributed by atoms with Gasteiger partial charge in [-0.05, 0) is 23.8 Å². The molecule has 0 amide bonds. The third-order valence-corrected chi connectivity index (χ3v) is 2.45. The van der Waals surface area contributed by atoms with Gasteiger partial charge in [0.2, 0.25) is 0 Å². The first-order valence-electron chi connectivity index (χ1n) is 4.87. The van der Waals surface area contributed by atoms with Crippen LogP contribution in [0, 0.1) is 11.8 Å². The summed E-state index contributed by atoms with van der Waals surface area (Å²) in [6.45, 7) is 6.41. The van der Waals surface area contributed by atoms with Crippen LogP contribution in [0.1, 0.15) is 40.0 Å². The minimum absolute atomic E-state index is 0.385. The highest BCUT2D eigenvalue weighted by Gasteiger charge is 2.25. The zero-order valence-corrected chi connectivity index (χ0v) is 8.26. The second-order valence-corrected chi connectivity index (χ2v) is 4.04. The maximum Gasteiger partial charge on any atom is 0.158 e. The zero-order valence-electron chi connectivity index (χ0n) is 8.26. The number of ketones is 1. The first-order chi connectivity index (χ1) is 5.63. The molecule has 0 radical (unpaired) electrons. The molecule has 1 nitrogen and oxygen atoms in total. The largest absolute Gasteiger partial charge is 0.295 e. The molecule has 0 aliphatic heterocycles. The van der Waals surface area contributed by atoms with E-state index in [0.717, 1.165) is 24.8 Å². The fourth-order valence-electron chi connectivity index (χ4n) is 1.74. The molecule has 12 heavy (non-hydrogen) atoms. The molecule has 1 saturated carbocycles. The summed E-state index contributed by atoms with van der Waals surface area (Å²) >= 11 is 0. The number of hydrogen-bond acceptors (Lipinski definition) is 1. The van der Waals surface area contributed by atoms with Gasteiger partial charge in [0.25, 0.3) is 0 Å². The Labute approximate surface area is 74.9 Å². The molecular formula is C11H18O. The zero-order chi connectivity index (χ0) is 9.14. The molecule has 0 spiro atoms. The summed E-state index contributed by atoms with van der Waals surface area (Å²) in [6, 6.07) is 0. The van der Waals surface area contributed by atoms with Crippen molar-refractivity contribution in [1.82, 2.24) is 0 Å². The summed E-state index contributed by atoms with van der Waals surface area (Å²) in [7, 11) is 0. The van der Waals surface area contributed by atoms with E-state index in [2.05, 4.69) is 26.8 Å². The number of Topliss-reactive ketones (excluding diaryl/α,β-unsaturated/α-hetero) is 1. The van der Waals surface area contributed by atoms with Crippen molar-refractivity contribution in [2.24, 2.45) is 11.8 Å². The SMILES string of the molecule is CCC1CC(=O)/C(=C\C(C)C)C1. The van der Waals surface area contributed by atoms with Gasteiger partial charge in [0.15, 0.2) is 5.78 Å². The van der Waals surface area contributed by atoms with E-state index < -0.39 is 0 Å². The summed E-state index contributed by atoms with van der Waals surface area (Å²) in [5, 5.41) is 0. The molecule has 0 aromatic rings. The van der Waals surface area contributed by atoms with Gasteiger partial charge in [-0.3, -0.25) is 4.79 Å². The molecule has 0 N–H and O–H groups in total. The minimum Gasteiger partial charge on any atom is -0.295 e. The molecule has 0 aromatic heterocycles. The van der Waals surface area contributed by atoms with E-state index in [1.807, 2.05) is 0 Å². The summed E-state index contributed by atoms with van der Waals surface area (Å²) in [6.07, 6.45) is 5.07. The highest BCUT2D eigenvalue weighted by atomic mass is 16.1. The van der Waals surface area contributed by atoms with Crippen LogP contribution in [0.15, 0.2) is 11.6 Å². The summed E-state index contributed by atoms with van der Waals surface area (Å²) in [5.41, 5.74) is 1.08. The molecule has 1 fully saturated rings. The third kappa shape index (κ3) is 2.20. The Morgan fingerprint density at radius 3 is 2.58 bits per heavy atom. The lowest BCUT2D eigenvalue weighted by Crippen LogP contribution is -1.94. The van der Waals surface area contributed by atoms with Crippen molar-refractivity contribution < 1.29 is 4.79 Å². The highest BCUT2D eigenvalue weighted by Crippen LogP contribution is 2.30. The fourth-order valence-corrected chi connectivity index (χ4v) is 1.74. The molecule has 0 saturated heterocycles. The Bertz CT molecular complexity index is 201. The van der Waals surface area contributed by atoms with Crippen molar-refractivity contribution >= 4 is 5.78 Å². The fraction of sp³-hybridized carbons (Fsp3) is 0.727. The Balaban J connectivity index is 2.63. The lowest BCUT2D eigenvalue weighted by atomic mass is 10.0. The van der Waals surface area contributed by atoms with Gasteiger partial charge in [-0.1, -0.05) is 33.3 Å². The smallest absolute Gasteiger partial charge is 0.158 e. The van der Waals surface area contributed by atoms with Gasteiger partial charge >= 0.3 is 0 Å². The van der Waals surface area contributed by atoms with Crippen LogP contribution in [0.3, 0.4) is 0 Å². The van der Waals surface area contributed by atoms with Crippen LogP contribution in [0.2, 0.25) is 0 Å². The maximum atomic E-state index is 11.4. The molecule has 1 atom stereocenters. The van der Waals surface area contributed by atoms with Crippen LogP contribution >= 0.6 is 0 Å². The van der Waals surface area contributed by atoms with Crippen molar-refractivity contribution in [1.29, 1.82) is 0 Å². The van der Waals surface area contributed by atoms with E-state index in [0.29, 0.717) is 17.6 Å². The van der Waals surface area contributed by atoms with Crippen molar-refractivity contribution in [2.75, 3.05) is 0 Å². The van der Waals surface area contributed by atoms with Crippen molar-refractivity contribution in [2.45, 2.75) is 40.0 Å². The minimum atomic E-state index is 0.385. The molecule has 1 rings (SSSR count). The molecule has 1 unspecified atom stereocenters. The van der Waals surface area contributed by atoms with Gasteiger partial charge in [0.05, 0.1) is 0 Å². The first-order valence-corrected chi connectivity index (χ1v) is 4.87. The van der Waals surface area contributed by atoms with Gasteiger partial charge in [-0.25, -0.2) is 0 Å². The molecule has 1 aliphatic carbocycles. The van der Waals surface area contributed by atoms with Gasteiger partial charge in [0.1, 0.15) is 0 Å². The number of rotatable bonds is 2. The Hall–Kier alpha value is -0.590. The van der Waals surface area contributed by atoms with Crippen molar-refractivity contribution in [3.63, 3.8) is 0 Å². The Morgan fingerprint density at radius 1 is 1.50 bits per heavy atom. The molecule has 0 aromatic carbocycles. The average molecular weight is 166 g/mol. The standard InChI is InChI=1S/C11H18O/c1-4-9-6-10(5-8(2)3)11(12)7-9/h5,8-9H,4,6-7H2,1-3H3/b10-5-. The summed E-state index contributed by atoms with van der Waals surface area (Å²) in [4.78, 5) is 11.4. The average Bonchev–Trinajstić information content (AvgIpc) is 2.31. The predicted molar refractivity (Wildman–Crippen MR) is 50.9 cm³/mol. The van der Waals surface area contributed by atoms with E-state index in [1.54, 1.807) is 0 Å². The molecule has 1 heteroatoms. The molecule has 68 valence electrons. The summed E-state index contributed by atoms with van der Waals surface area (Å²) < 4.78 is 0. The number of hydrogen-bond donors (Lipinski definition) is 0. The topological polar surface area (TPSA) is 17.1 Å². The first kappa shape index (κ1) is 9.50. The monoisotopic (exact) mass is 166 g/mol. The lowest BCUT2D eigenvalue weighted by molar-refractivity contribution is -0.114. The van der Waals surface area contributed by atoms with Crippen LogP contribution in [0.25, 0.3) is 0 Å². The van der Waals surface area contributed by atoms with Crippen molar-refractivity contribution in [3.8, 4) is 0 Å². The van der Waals surface area contributed by atoms with E-state index in [9.17, 15) is 4.79 Å². The second kappa shape index (κ2) is 3.88. The summed E-state index contributed by atoms with van der Waals surface area (Å²) in [5.74, 6) is 1.53. The van der Waals surface area contributed by atoms with Crippen molar-refractivity contribution in [3.05, 3.63) is 11.6 Å². The Morgan fingerprint density at radius 2 is 2.17 bits per heavy atom. The van der Waals surface area contributed by atoms with Gasteiger partial charge < -0.3 is 0 Å². The van der Waals surface area contributed by atoms with Crippen LogP contribution in [-0.4, -0.2) is 5.78 Å². The maximum absolute atomic E-state index is 11.4. The quantitative estimate of drug-likeness (QED) is 0.576. The lowest BCUT2D eigenvalue weighted by Gasteiger charge is -2.01. The molecular weight excluding hydrogens is 148 g/mol. The number of allylic oxidation sites excluding steroid dienone is 2. The van der Waals surface area contributed by atoms with E-state index >= 15 is 0 Å². The van der Waals surface area contributed by atoms with Gasteiger partial charge in [-0.2, -0.15) is 0 Å². The van der Waals surface area contributed by atoms with E-state index in [4.69, 9.17) is 0 Å². The van der Waals surface area contributed by atoms with Crippen LogP contribution in [0.5, 0.6) is 0 Å². The molecule has 0 heterocycles. The van der Waals surface area contributed by atoms with Gasteiger partial charge in [0, 0.05) is 6.42 Å².